The summed E-state index contributed by atoms with van der Waals surface area (Å²) in [6.07, 6.45) is 2.95. The van der Waals surface area contributed by atoms with Crippen LogP contribution in [0.15, 0.2) is 0 Å². The molecule has 0 radical (unpaired) electrons. The van der Waals surface area contributed by atoms with Crippen molar-refractivity contribution in [3.05, 3.63) is 0 Å². The van der Waals surface area contributed by atoms with Gasteiger partial charge in [-0.2, -0.15) is 0 Å². The third kappa shape index (κ3) is 10.1. The monoisotopic (exact) mass is 512 g/mol. The lowest BCUT2D eigenvalue weighted by atomic mass is 10.0. The van der Waals surface area contributed by atoms with Crippen LogP contribution >= 0.6 is 0 Å². The van der Waals surface area contributed by atoms with Crippen molar-refractivity contribution < 1.29 is 29.1 Å². The molecule has 1 heterocycles. The van der Waals surface area contributed by atoms with E-state index >= 15 is 0 Å². The number of carboxylic acid groups (broad SMARTS) is 1. The summed E-state index contributed by atoms with van der Waals surface area (Å²) in [4.78, 5) is 63.8. The number of carbonyl (C=O) groups excluding carboxylic acids is 4. The van der Waals surface area contributed by atoms with Gasteiger partial charge in [-0.3, -0.25) is 19.2 Å². The van der Waals surface area contributed by atoms with Gasteiger partial charge in [0.25, 0.3) is 0 Å². The van der Waals surface area contributed by atoms with Crippen LogP contribution in [0.5, 0.6) is 0 Å². The maximum absolute atomic E-state index is 13.4. The van der Waals surface area contributed by atoms with Crippen LogP contribution in [0.3, 0.4) is 0 Å². The van der Waals surface area contributed by atoms with Gasteiger partial charge in [0, 0.05) is 6.54 Å². The van der Waals surface area contributed by atoms with Gasteiger partial charge in [0.2, 0.25) is 23.6 Å². The SMILES string of the molecule is CC(C)C[C@H](NC(=O)CNC(=O)[C@@H]1CCCN1C(=O)[C@H](CCCCN)NC(=O)[C@@H](N)C(C)C)C(=O)O. The van der Waals surface area contributed by atoms with E-state index in [1.165, 1.54) is 4.90 Å². The zero-order valence-corrected chi connectivity index (χ0v) is 21.9. The Morgan fingerprint density at radius 1 is 1.03 bits per heavy atom. The highest BCUT2D eigenvalue weighted by Gasteiger charge is 2.38. The maximum atomic E-state index is 13.4. The molecule has 0 aromatic heterocycles. The largest absolute Gasteiger partial charge is 0.480 e. The molecule has 12 nitrogen and oxygen atoms in total. The van der Waals surface area contributed by atoms with Crippen LogP contribution in [-0.2, 0) is 24.0 Å². The highest BCUT2D eigenvalue weighted by atomic mass is 16.4. The molecule has 1 aliphatic heterocycles. The number of unbranched alkanes of at least 4 members (excludes halogenated alkanes) is 1. The Morgan fingerprint density at radius 3 is 2.25 bits per heavy atom. The number of nitrogens with two attached hydrogens (primary N) is 2. The first kappa shape index (κ1) is 31.3. The Labute approximate surface area is 213 Å². The number of carbonyl (C=O) groups is 5. The average molecular weight is 513 g/mol. The molecule has 1 aliphatic rings. The van der Waals surface area contributed by atoms with E-state index in [0.29, 0.717) is 45.2 Å². The van der Waals surface area contributed by atoms with E-state index in [1.54, 1.807) is 0 Å². The lowest BCUT2D eigenvalue weighted by Crippen LogP contribution is -2.56. The van der Waals surface area contributed by atoms with Crippen LogP contribution in [0.4, 0.5) is 0 Å². The molecule has 1 rings (SSSR count). The molecule has 36 heavy (non-hydrogen) atoms. The van der Waals surface area contributed by atoms with Crippen molar-refractivity contribution in [2.24, 2.45) is 23.3 Å². The molecular formula is C24H44N6O6. The van der Waals surface area contributed by atoms with Crippen molar-refractivity contribution in [3.63, 3.8) is 0 Å². The predicted octanol–water partition coefficient (Wildman–Crippen LogP) is -0.694. The first-order valence-electron chi connectivity index (χ1n) is 12.7. The number of nitrogens with one attached hydrogen (secondary N) is 3. The summed E-state index contributed by atoms with van der Waals surface area (Å²) in [5.74, 6) is -3.12. The van der Waals surface area contributed by atoms with E-state index in [2.05, 4.69) is 16.0 Å². The summed E-state index contributed by atoms with van der Waals surface area (Å²) in [6, 6.07) is -3.44. The highest BCUT2D eigenvalue weighted by Crippen LogP contribution is 2.20. The number of carboxylic acids is 1. The van der Waals surface area contributed by atoms with E-state index in [-0.39, 0.29) is 24.2 Å². The van der Waals surface area contributed by atoms with Gasteiger partial charge in [0.1, 0.15) is 18.1 Å². The normalized spacial score (nSPS) is 18.0. The van der Waals surface area contributed by atoms with Crippen molar-refractivity contribution in [2.75, 3.05) is 19.6 Å². The smallest absolute Gasteiger partial charge is 0.326 e. The Hall–Kier alpha value is -2.73. The van der Waals surface area contributed by atoms with Crippen LogP contribution in [0, 0.1) is 11.8 Å². The molecule has 1 saturated heterocycles. The molecule has 0 aliphatic carbocycles. The number of nitrogens with zero attached hydrogens (tertiary/aromatic N) is 1. The fraction of sp³-hybridized carbons (Fsp3) is 0.792. The first-order chi connectivity index (χ1) is 16.9. The van der Waals surface area contributed by atoms with Gasteiger partial charge in [-0.1, -0.05) is 27.7 Å². The van der Waals surface area contributed by atoms with E-state index in [1.807, 2.05) is 27.7 Å². The van der Waals surface area contributed by atoms with Crippen molar-refractivity contribution >= 4 is 29.6 Å². The Morgan fingerprint density at radius 2 is 1.69 bits per heavy atom. The lowest BCUT2D eigenvalue weighted by Gasteiger charge is -2.29. The summed E-state index contributed by atoms with van der Waals surface area (Å²) in [7, 11) is 0. The zero-order valence-electron chi connectivity index (χ0n) is 21.9. The van der Waals surface area contributed by atoms with Gasteiger partial charge in [-0.15, -0.1) is 0 Å². The highest BCUT2D eigenvalue weighted by molar-refractivity contribution is 5.94. The summed E-state index contributed by atoms with van der Waals surface area (Å²) in [5.41, 5.74) is 11.5. The second-order valence-electron chi connectivity index (χ2n) is 10.1. The minimum Gasteiger partial charge on any atom is -0.480 e. The second-order valence-corrected chi connectivity index (χ2v) is 10.1. The zero-order chi connectivity index (χ0) is 27.4. The van der Waals surface area contributed by atoms with Crippen molar-refractivity contribution in [1.82, 2.24) is 20.9 Å². The molecule has 8 N–H and O–H groups in total. The number of likely N-dealkylation sites (tertiary alicyclic amines) is 1. The molecular weight excluding hydrogens is 468 g/mol. The van der Waals surface area contributed by atoms with E-state index in [4.69, 9.17) is 11.5 Å². The molecule has 0 spiro atoms. The van der Waals surface area contributed by atoms with Crippen molar-refractivity contribution in [3.8, 4) is 0 Å². The van der Waals surface area contributed by atoms with Crippen LogP contribution in [-0.4, -0.2) is 83.4 Å². The van der Waals surface area contributed by atoms with Gasteiger partial charge in [-0.05, 0) is 56.9 Å². The Balaban J connectivity index is 2.81. The fourth-order valence-electron chi connectivity index (χ4n) is 4.05. The third-order valence-electron chi connectivity index (χ3n) is 6.18. The molecule has 0 unspecified atom stereocenters. The molecule has 206 valence electrons. The van der Waals surface area contributed by atoms with Crippen LogP contribution in [0.1, 0.15) is 66.2 Å². The summed E-state index contributed by atoms with van der Waals surface area (Å²) in [5, 5.41) is 16.9. The molecule has 0 aromatic rings. The predicted molar refractivity (Wildman–Crippen MR) is 134 cm³/mol. The summed E-state index contributed by atoms with van der Waals surface area (Å²) < 4.78 is 0. The number of rotatable bonds is 15. The minimum absolute atomic E-state index is 0.0624. The topological polar surface area (TPSA) is 197 Å². The van der Waals surface area contributed by atoms with E-state index < -0.39 is 54.4 Å². The van der Waals surface area contributed by atoms with E-state index in [0.717, 1.165) is 0 Å². The number of aliphatic carboxylic acids is 1. The molecule has 0 saturated carbocycles. The van der Waals surface area contributed by atoms with Crippen molar-refractivity contribution in [2.45, 2.75) is 90.4 Å². The number of hydrogen-bond donors (Lipinski definition) is 6. The van der Waals surface area contributed by atoms with Gasteiger partial charge in [-0.25, -0.2) is 4.79 Å². The number of hydrogen-bond acceptors (Lipinski definition) is 7. The van der Waals surface area contributed by atoms with Crippen LogP contribution < -0.4 is 27.4 Å². The third-order valence-corrected chi connectivity index (χ3v) is 6.18. The minimum atomic E-state index is -1.14. The molecule has 4 amide bonds. The second kappa shape index (κ2) is 15.4. The van der Waals surface area contributed by atoms with Crippen molar-refractivity contribution in [1.29, 1.82) is 0 Å². The Bertz CT molecular complexity index is 774. The fourth-order valence-corrected chi connectivity index (χ4v) is 4.05. The average Bonchev–Trinajstić information content (AvgIpc) is 3.30. The van der Waals surface area contributed by atoms with Gasteiger partial charge in [0.05, 0.1) is 12.6 Å². The lowest BCUT2D eigenvalue weighted by molar-refractivity contribution is -0.143. The summed E-state index contributed by atoms with van der Waals surface area (Å²) >= 11 is 0. The molecule has 0 bridgehead atoms. The number of amides is 4. The maximum Gasteiger partial charge on any atom is 0.326 e. The summed E-state index contributed by atoms with van der Waals surface area (Å²) in [6.45, 7) is 7.71. The quantitative estimate of drug-likeness (QED) is 0.155. The van der Waals surface area contributed by atoms with E-state index in [9.17, 15) is 29.1 Å². The molecule has 1 fully saturated rings. The van der Waals surface area contributed by atoms with Gasteiger partial charge in [0.15, 0.2) is 0 Å². The van der Waals surface area contributed by atoms with Gasteiger partial charge >= 0.3 is 5.97 Å². The van der Waals surface area contributed by atoms with Crippen LogP contribution in [0.2, 0.25) is 0 Å². The van der Waals surface area contributed by atoms with Crippen LogP contribution in [0.25, 0.3) is 0 Å². The molecule has 4 atom stereocenters. The standard InChI is InChI=1S/C24H44N6O6/c1-14(2)12-17(24(35)36)28-19(31)13-27-21(32)18-9-7-11-30(18)23(34)16(8-5-6-10-25)29-22(33)20(26)15(3)4/h14-18,20H,5-13,25-26H2,1-4H3,(H,27,32)(H,28,31)(H,29,33)(H,35,36)/t16-,17-,18-,20-/m0/s1. The first-order valence-corrected chi connectivity index (χ1v) is 12.7. The molecule has 12 heteroatoms. The van der Waals surface area contributed by atoms with Gasteiger partial charge < -0.3 is 37.4 Å². The molecule has 0 aromatic carbocycles. The Kier molecular flexibility index (Phi) is 13.4.